The van der Waals surface area contributed by atoms with Crippen molar-refractivity contribution in [3.8, 4) is 0 Å². The number of amides is 5. The Morgan fingerprint density at radius 1 is 0.767 bits per heavy atom. The zero-order chi connectivity index (χ0) is 43.9. The zero-order valence-electron chi connectivity index (χ0n) is 34.3. The van der Waals surface area contributed by atoms with Crippen molar-refractivity contribution in [3.63, 3.8) is 0 Å². The summed E-state index contributed by atoms with van der Waals surface area (Å²) in [6, 6.07) is 16.0. The maximum absolute atomic E-state index is 16.2. The molecule has 0 saturated carbocycles. The number of aliphatic imine (C=N–C) groups is 2. The highest BCUT2D eigenvalue weighted by Gasteiger charge is 2.52. The second kappa shape index (κ2) is 21.8. The van der Waals surface area contributed by atoms with Crippen molar-refractivity contribution in [2.45, 2.75) is 115 Å². The summed E-state index contributed by atoms with van der Waals surface area (Å²) in [5, 5.41) is 23.7. The summed E-state index contributed by atoms with van der Waals surface area (Å²) in [6.45, 7) is 8.28. The summed E-state index contributed by atoms with van der Waals surface area (Å²) >= 11 is 0. The average Bonchev–Trinajstić information content (AvgIpc) is 3.74. The summed E-state index contributed by atoms with van der Waals surface area (Å²) in [7, 11) is 0. The highest BCUT2D eigenvalue weighted by Crippen LogP contribution is 2.25. The molecular formula is C43H54F2N8O7. The fourth-order valence-corrected chi connectivity index (χ4v) is 6.17. The number of nitrogens with zero attached hydrogens (tertiary/aromatic N) is 3. The van der Waals surface area contributed by atoms with E-state index >= 15 is 8.78 Å². The molecule has 0 aliphatic carbocycles. The summed E-state index contributed by atoms with van der Waals surface area (Å²) in [4.78, 5) is 80.2. The Morgan fingerprint density at radius 2 is 1.35 bits per heavy atom. The van der Waals surface area contributed by atoms with E-state index in [1.54, 1.807) is 113 Å². The van der Waals surface area contributed by atoms with Crippen LogP contribution < -0.4 is 26.6 Å². The van der Waals surface area contributed by atoms with Gasteiger partial charge in [0.2, 0.25) is 17.7 Å². The van der Waals surface area contributed by atoms with Crippen molar-refractivity contribution < 1.29 is 42.6 Å². The number of benzene rings is 2. The van der Waals surface area contributed by atoms with Gasteiger partial charge in [-0.2, -0.15) is 8.78 Å². The number of rotatable bonds is 20. The van der Waals surface area contributed by atoms with Crippen LogP contribution in [0.25, 0.3) is 0 Å². The van der Waals surface area contributed by atoms with E-state index in [0.717, 1.165) is 0 Å². The monoisotopic (exact) mass is 832 g/mol. The van der Waals surface area contributed by atoms with Crippen LogP contribution >= 0.6 is 0 Å². The zero-order valence-corrected chi connectivity index (χ0v) is 34.3. The minimum absolute atomic E-state index is 0.00448. The maximum Gasteiger partial charge on any atom is 0.408 e. The number of carbonyl (C=O) groups is 5. The molecule has 15 nitrogen and oxygen atoms in total. The topological polar surface area (TPSA) is 213 Å². The molecule has 0 bridgehead atoms. The van der Waals surface area contributed by atoms with Crippen LogP contribution in [0.15, 0.2) is 95.0 Å². The number of pyridine rings is 1. The first-order chi connectivity index (χ1) is 28.5. The van der Waals surface area contributed by atoms with Crippen molar-refractivity contribution >= 4 is 42.2 Å². The standard InChI is InChI=1S/C43H54F2N8O7/c1-6-27(2)35(39(57)49-26-30-19-13-14-20-46-30)53-40(58)43(44,45)36(54)31(23-28-15-9-7-10-16-28)50-38(56)33(25-34-47-21-22-48-34)51-37(55)32(24-29-17-11-8-12-18-29)52-41(59)60-42(3,4)5/h7-22,27,31-36,54H,6,23-26H2,1-5H3,(H,49,57)(H,50,56)(H,51,55)(H,52,59)(H,53,58)/t27-,31-,32-,33-,35-,36+/m0/s1. The Bertz CT molecular complexity index is 1940. The highest BCUT2D eigenvalue weighted by atomic mass is 19.3. The third kappa shape index (κ3) is 14.3. The number of halogens is 2. The number of ether oxygens (including phenoxy) is 1. The van der Waals surface area contributed by atoms with Gasteiger partial charge in [-0.3, -0.25) is 34.1 Å². The molecule has 0 spiro atoms. The summed E-state index contributed by atoms with van der Waals surface area (Å²) in [5.41, 5.74) is 0.716. The SMILES string of the molecule is CC[C@H](C)[C@H](NC(=O)C(F)(F)[C@H](O)[C@H](Cc1ccccc1)NC(=O)[C@H](CC1N=CC=N1)NC(=O)[C@H](Cc1ccccc1)NC(=O)OC(C)(C)C)C(=O)NCc1ccccn1. The lowest BCUT2D eigenvalue weighted by Gasteiger charge is -2.33. The van der Waals surface area contributed by atoms with Crippen LogP contribution in [0, 0.1) is 5.92 Å². The molecule has 0 radical (unpaired) electrons. The molecule has 322 valence electrons. The molecule has 2 heterocycles. The van der Waals surface area contributed by atoms with Crippen molar-refractivity contribution in [1.82, 2.24) is 31.6 Å². The second-order valence-electron chi connectivity index (χ2n) is 15.5. The Labute approximate surface area is 348 Å². The van der Waals surface area contributed by atoms with Gasteiger partial charge in [-0.25, -0.2) is 4.79 Å². The Kier molecular flexibility index (Phi) is 16.9. The van der Waals surface area contributed by atoms with Gasteiger partial charge in [0.15, 0.2) is 0 Å². The van der Waals surface area contributed by atoms with E-state index in [-0.39, 0.29) is 25.8 Å². The van der Waals surface area contributed by atoms with E-state index in [0.29, 0.717) is 23.2 Å². The summed E-state index contributed by atoms with van der Waals surface area (Å²) in [5.74, 6) is -9.61. The largest absolute Gasteiger partial charge is 0.444 e. The van der Waals surface area contributed by atoms with Crippen molar-refractivity contribution in [2.75, 3.05) is 0 Å². The van der Waals surface area contributed by atoms with Gasteiger partial charge in [-0.15, -0.1) is 0 Å². The normalized spacial score (nSPS) is 15.7. The number of aromatic nitrogens is 1. The van der Waals surface area contributed by atoms with Crippen molar-refractivity contribution in [3.05, 3.63) is 102 Å². The predicted molar refractivity (Wildman–Crippen MR) is 221 cm³/mol. The molecule has 6 N–H and O–H groups in total. The number of nitrogens with one attached hydrogen (secondary N) is 5. The van der Waals surface area contributed by atoms with Crippen LogP contribution in [0.1, 0.15) is 64.3 Å². The minimum atomic E-state index is -4.55. The van der Waals surface area contributed by atoms with Crippen LogP contribution in [0.3, 0.4) is 0 Å². The smallest absolute Gasteiger partial charge is 0.408 e. The fourth-order valence-electron chi connectivity index (χ4n) is 6.17. The number of carbonyl (C=O) groups excluding carboxylic acids is 5. The van der Waals surface area contributed by atoms with Gasteiger partial charge in [0.1, 0.15) is 36.0 Å². The quantitative estimate of drug-likeness (QED) is 0.0991. The molecule has 4 rings (SSSR count). The van der Waals surface area contributed by atoms with Gasteiger partial charge in [0.25, 0.3) is 5.91 Å². The third-order valence-electron chi connectivity index (χ3n) is 9.59. The van der Waals surface area contributed by atoms with Crippen LogP contribution in [0.4, 0.5) is 13.6 Å². The minimum Gasteiger partial charge on any atom is -0.444 e. The first kappa shape index (κ1) is 46.6. The molecule has 1 aromatic heterocycles. The molecule has 0 fully saturated rings. The van der Waals surface area contributed by atoms with E-state index in [9.17, 15) is 29.1 Å². The number of aliphatic hydroxyl groups excluding tert-OH is 1. The molecule has 6 atom stereocenters. The fraction of sp³-hybridized carbons (Fsp3) is 0.442. The summed E-state index contributed by atoms with van der Waals surface area (Å²) in [6.07, 6.45) is -0.490. The second-order valence-corrected chi connectivity index (χ2v) is 15.5. The molecule has 0 saturated heterocycles. The molecule has 17 heteroatoms. The highest BCUT2D eigenvalue weighted by molar-refractivity contribution is 6.17. The first-order valence-corrected chi connectivity index (χ1v) is 19.7. The van der Waals surface area contributed by atoms with Gasteiger partial charge in [0.05, 0.1) is 18.3 Å². The molecule has 60 heavy (non-hydrogen) atoms. The maximum atomic E-state index is 16.2. The molecule has 1 aliphatic rings. The predicted octanol–water partition coefficient (Wildman–Crippen LogP) is 3.44. The molecule has 2 aromatic carbocycles. The van der Waals surface area contributed by atoms with Crippen LogP contribution in [-0.4, -0.2) is 100 Å². The van der Waals surface area contributed by atoms with E-state index in [2.05, 4.69) is 41.6 Å². The molecule has 1 aliphatic heterocycles. The van der Waals surface area contributed by atoms with Gasteiger partial charge in [-0.05, 0) is 56.4 Å². The number of hydrogen-bond acceptors (Lipinski definition) is 10. The summed E-state index contributed by atoms with van der Waals surface area (Å²) < 4.78 is 37.8. The van der Waals surface area contributed by atoms with E-state index in [1.165, 1.54) is 18.6 Å². The number of alkyl halides is 2. The van der Waals surface area contributed by atoms with Gasteiger partial charge in [-0.1, -0.05) is 87.0 Å². The Balaban J connectivity index is 1.59. The van der Waals surface area contributed by atoms with Crippen LogP contribution in [-0.2, 0) is 43.3 Å². The van der Waals surface area contributed by atoms with E-state index in [1.807, 2.05) is 0 Å². The lowest BCUT2D eigenvalue weighted by Crippen LogP contribution is -2.63. The molecular weight excluding hydrogens is 779 g/mol. The number of alkyl carbamates (subject to hydrolysis) is 1. The molecule has 3 aromatic rings. The van der Waals surface area contributed by atoms with Crippen LogP contribution in [0.5, 0.6) is 0 Å². The molecule has 0 unspecified atom stereocenters. The number of hydrogen-bond donors (Lipinski definition) is 6. The van der Waals surface area contributed by atoms with Gasteiger partial charge in [0, 0.05) is 31.5 Å². The van der Waals surface area contributed by atoms with Gasteiger partial charge >= 0.3 is 12.0 Å². The molecule has 5 amide bonds. The Morgan fingerprint density at radius 3 is 1.92 bits per heavy atom. The first-order valence-electron chi connectivity index (χ1n) is 19.7. The van der Waals surface area contributed by atoms with Gasteiger partial charge < -0.3 is 36.4 Å². The van der Waals surface area contributed by atoms with E-state index < -0.39 is 83.6 Å². The lowest BCUT2D eigenvalue weighted by molar-refractivity contribution is -0.169. The third-order valence-corrected chi connectivity index (χ3v) is 9.59. The van der Waals surface area contributed by atoms with E-state index in [4.69, 9.17) is 4.74 Å². The van der Waals surface area contributed by atoms with Crippen LogP contribution in [0.2, 0.25) is 0 Å². The van der Waals surface area contributed by atoms with Crippen molar-refractivity contribution in [1.29, 1.82) is 0 Å². The number of aliphatic hydroxyl groups is 1. The van der Waals surface area contributed by atoms with Crippen molar-refractivity contribution in [2.24, 2.45) is 15.9 Å². The Hall–Kier alpha value is -6.10. The average molecular weight is 833 g/mol. The lowest BCUT2D eigenvalue weighted by atomic mass is 9.94.